The van der Waals surface area contributed by atoms with Crippen LogP contribution in [0.4, 0.5) is 11.5 Å². The Bertz CT molecular complexity index is 370. The van der Waals surface area contributed by atoms with E-state index in [-0.39, 0.29) is 0 Å². The van der Waals surface area contributed by atoms with E-state index in [0.717, 1.165) is 25.3 Å². The molecule has 1 rings (SSSR count). The highest BCUT2D eigenvalue weighted by molar-refractivity contribution is 5.67. The van der Waals surface area contributed by atoms with Gasteiger partial charge in [0, 0.05) is 13.1 Å². The average molecular weight is 252 g/mol. The van der Waals surface area contributed by atoms with Crippen molar-refractivity contribution in [2.45, 2.75) is 34.1 Å². The van der Waals surface area contributed by atoms with Gasteiger partial charge < -0.3 is 15.4 Å². The van der Waals surface area contributed by atoms with Crippen molar-refractivity contribution in [3.8, 4) is 5.88 Å². The Balaban J connectivity index is 2.94. The smallest absolute Gasteiger partial charge is 0.242 e. The fourth-order valence-corrected chi connectivity index (χ4v) is 1.75. The monoisotopic (exact) mass is 252 g/mol. The van der Waals surface area contributed by atoms with Gasteiger partial charge in [-0.15, -0.1) is 0 Å². The van der Waals surface area contributed by atoms with Crippen LogP contribution in [0.3, 0.4) is 0 Å². The predicted molar refractivity (Wildman–Crippen MR) is 75.0 cm³/mol. The van der Waals surface area contributed by atoms with E-state index in [1.165, 1.54) is 6.33 Å². The number of nitrogens with zero attached hydrogens (tertiary/aromatic N) is 3. The van der Waals surface area contributed by atoms with Crippen LogP contribution in [0.5, 0.6) is 5.88 Å². The molecule has 2 N–H and O–H groups in total. The molecule has 0 saturated carbocycles. The van der Waals surface area contributed by atoms with E-state index in [1.54, 1.807) is 0 Å². The van der Waals surface area contributed by atoms with Crippen LogP contribution in [0.1, 0.15) is 34.1 Å². The van der Waals surface area contributed by atoms with Crippen molar-refractivity contribution < 1.29 is 4.74 Å². The fourth-order valence-electron chi connectivity index (χ4n) is 1.75. The van der Waals surface area contributed by atoms with Crippen LogP contribution >= 0.6 is 0 Å². The summed E-state index contributed by atoms with van der Waals surface area (Å²) >= 11 is 0. The van der Waals surface area contributed by atoms with E-state index in [9.17, 15) is 0 Å². The van der Waals surface area contributed by atoms with E-state index < -0.39 is 0 Å². The van der Waals surface area contributed by atoms with Crippen molar-refractivity contribution >= 4 is 11.5 Å². The summed E-state index contributed by atoms with van der Waals surface area (Å²) in [5.41, 5.74) is 6.60. The summed E-state index contributed by atoms with van der Waals surface area (Å²) in [6.07, 6.45) is 2.65. The maximum atomic E-state index is 6.07. The Morgan fingerprint density at radius 2 is 2.06 bits per heavy atom. The van der Waals surface area contributed by atoms with Crippen LogP contribution in [0, 0.1) is 5.92 Å². The molecule has 0 aliphatic rings. The van der Waals surface area contributed by atoms with Gasteiger partial charge in [0.05, 0.1) is 6.61 Å². The highest BCUT2D eigenvalue weighted by Gasteiger charge is 2.16. The molecule has 1 aromatic rings. The molecule has 0 fully saturated rings. The summed E-state index contributed by atoms with van der Waals surface area (Å²) in [7, 11) is 0. The quantitative estimate of drug-likeness (QED) is 0.807. The van der Waals surface area contributed by atoms with Gasteiger partial charge in [0.2, 0.25) is 5.88 Å². The molecule has 0 bridgehead atoms. The van der Waals surface area contributed by atoms with Gasteiger partial charge in [-0.1, -0.05) is 20.3 Å². The summed E-state index contributed by atoms with van der Waals surface area (Å²) in [5.74, 6) is 1.86. The lowest BCUT2D eigenvalue weighted by Gasteiger charge is -2.26. The maximum Gasteiger partial charge on any atom is 0.242 e. The van der Waals surface area contributed by atoms with Crippen molar-refractivity contribution in [1.82, 2.24) is 9.97 Å². The topological polar surface area (TPSA) is 64.3 Å². The zero-order valence-corrected chi connectivity index (χ0v) is 11.8. The molecule has 0 aliphatic heterocycles. The lowest BCUT2D eigenvalue weighted by Crippen LogP contribution is -2.29. The normalized spacial score (nSPS) is 12.2. The van der Waals surface area contributed by atoms with E-state index in [1.807, 2.05) is 6.92 Å². The largest absolute Gasteiger partial charge is 0.476 e. The molecule has 1 heterocycles. The Morgan fingerprint density at radius 1 is 1.33 bits per heavy atom. The molecule has 1 unspecified atom stereocenters. The number of nitrogen functional groups attached to an aromatic ring is 1. The lowest BCUT2D eigenvalue weighted by atomic mass is 10.1. The predicted octanol–water partition coefficient (Wildman–Crippen LogP) is 2.33. The summed E-state index contributed by atoms with van der Waals surface area (Å²) in [6.45, 7) is 10.8. The second-order valence-electron chi connectivity index (χ2n) is 4.40. The Morgan fingerprint density at radius 3 is 2.61 bits per heavy atom. The molecule has 0 aliphatic carbocycles. The molecule has 1 atom stereocenters. The molecule has 0 radical (unpaired) electrons. The zero-order valence-electron chi connectivity index (χ0n) is 11.8. The highest BCUT2D eigenvalue weighted by atomic mass is 16.5. The molecule has 0 spiro atoms. The van der Waals surface area contributed by atoms with Gasteiger partial charge in [0.15, 0.2) is 5.82 Å². The number of nitrogens with two attached hydrogens (primary N) is 1. The molecule has 5 heteroatoms. The maximum absolute atomic E-state index is 6.07. The third-order valence-corrected chi connectivity index (χ3v) is 3.02. The molecule has 1 aromatic heterocycles. The Hall–Kier alpha value is -1.52. The van der Waals surface area contributed by atoms with Crippen LogP contribution in [-0.2, 0) is 0 Å². The van der Waals surface area contributed by atoms with Crippen molar-refractivity contribution in [3.05, 3.63) is 6.33 Å². The molecule has 102 valence electrons. The van der Waals surface area contributed by atoms with Gasteiger partial charge in [-0.05, 0) is 19.8 Å². The number of anilines is 2. The summed E-state index contributed by atoms with van der Waals surface area (Å²) in [4.78, 5) is 10.5. The number of ether oxygens (including phenoxy) is 1. The van der Waals surface area contributed by atoms with Crippen LogP contribution in [-0.4, -0.2) is 29.7 Å². The average Bonchev–Trinajstić information content (AvgIpc) is 2.38. The zero-order chi connectivity index (χ0) is 13.5. The second-order valence-corrected chi connectivity index (χ2v) is 4.40. The minimum Gasteiger partial charge on any atom is -0.476 e. The number of aromatic nitrogens is 2. The Kier molecular flexibility index (Phi) is 5.68. The summed E-state index contributed by atoms with van der Waals surface area (Å²) < 4.78 is 5.40. The first-order valence-corrected chi connectivity index (χ1v) is 6.62. The van der Waals surface area contributed by atoms with Gasteiger partial charge >= 0.3 is 0 Å². The first-order chi connectivity index (χ1) is 8.63. The second kappa shape index (κ2) is 7.03. The van der Waals surface area contributed by atoms with Crippen LogP contribution < -0.4 is 15.4 Å². The van der Waals surface area contributed by atoms with E-state index in [4.69, 9.17) is 10.5 Å². The molecule has 0 aromatic carbocycles. The van der Waals surface area contributed by atoms with Crippen molar-refractivity contribution in [2.24, 2.45) is 5.92 Å². The molecule has 0 saturated heterocycles. The first-order valence-electron chi connectivity index (χ1n) is 6.62. The van der Waals surface area contributed by atoms with Crippen LogP contribution in [0.2, 0.25) is 0 Å². The van der Waals surface area contributed by atoms with Crippen LogP contribution in [0.15, 0.2) is 6.33 Å². The first kappa shape index (κ1) is 14.5. The molecule has 0 amide bonds. The molecule has 18 heavy (non-hydrogen) atoms. The van der Waals surface area contributed by atoms with E-state index in [2.05, 4.69) is 35.6 Å². The van der Waals surface area contributed by atoms with Gasteiger partial charge in [0.25, 0.3) is 0 Å². The van der Waals surface area contributed by atoms with Gasteiger partial charge in [-0.2, -0.15) is 4.98 Å². The standard InChI is InChI=1S/C13H24N4O/c1-5-10(4)8-17(6-2)12-11(14)13(18-7-3)16-9-15-12/h9-10H,5-8,14H2,1-4H3. The van der Waals surface area contributed by atoms with Gasteiger partial charge in [-0.3, -0.25) is 0 Å². The third-order valence-electron chi connectivity index (χ3n) is 3.02. The lowest BCUT2D eigenvalue weighted by molar-refractivity contribution is 0.328. The fraction of sp³-hybridized carbons (Fsp3) is 0.692. The highest BCUT2D eigenvalue weighted by Crippen LogP contribution is 2.28. The Labute approximate surface area is 109 Å². The van der Waals surface area contributed by atoms with Crippen molar-refractivity contribution in [3.63, 3.8) is 0 Å². The number of hydrogen-bond donors (Lipinski definition) is 1. The van der Waals surface area contributed by atoms with Gasteiger partial charge in [0.1, 0.15) is 12.0 Å². The molecular weight excluding hydrogens is 228 g/mol. The van der Waals surface area contributed by atoms with E-state index in [0.29, 0.717) is 24.1 Å². The number of rotatable bonds is 7. The summed E-state index contributed by atoms with van der Waals surface area (Å²) in [5, 5.41) is 0. The van der Waals surface area contributed by atoms with Crippen molar-refractivity contribution in [2.75, 3.05) is 30.3 Å². The number of hydrogen-bond acceptors (Lipinski definition) is 5. The molecular formula is C13H24N4O. The SMILES string of the molecule is CCOc1ncnc(N(CC)CC(C)CC)c1N. The van der Waals surface area contributed by atoms with Crippen LogP contribution in [0.25, 0.3) is 0 Å². The minimum atomic E-state index is 0.477. The van der Waals surface area contributed by atoms with Gasteiger partial charge in [-0.25, -0.2) is 4.98 Å². The third kappa shape index (κ3) is 3.48. The summed E-state index contributed by atoms with van der Waals surface area (Å²) in [6, 6.07) is 0. The minimum absolute atomic E-state index is 0.477. The van der Waals surface area contributed by atoms with Crippen molar-refractivity contribution in [1.29, 1.82) is 0 Å². The van der Waals surface area contributed by atoms with E-state index >= 15 is 0 Å². The molecule has 5 nitrogen and oxygen atoms in total.